The van der Waals surface area contributed by atoms with Crippen LogP contribution in [0.5, 0.6) is 0 Å². The third-order valence-corrected chi connectivity index (χ3v) is 8.32. The Balaban J connectivity index is 1.60. The number of sulfone groups is 2. The first-order valence-electron chi connectivity index (χ1n) is 8.29. The van der Waals surface area contributed by atoms with Crippen molar-refractivity contribution in [2.24, 2.45) is 0 Å². The van der Waals surface area contributed by atoms with Crippen molar-refractivity contribution in [3.05, 3.63) is 48.3 Å². The van der Waals surface area contributed by atoms with Gasteiger partial charge < -0.3 is 18.6 Å². The number of carbonyl (C=O) groups is 2. The Bertz CT molecular complexity index is 1010. The Morgan fingerprint density at radius 3 is 1.50 bits per heavy atom. The van der Waals surface area contributed by atoms with Gasteiger partial charge in [-0.1, -0.05) is 0 Å². The van der Waals surface area contributed by atoms with Crippen LogP contribution in [0, 0.1) is 0 Å². The monoisotopic (exact) mass is 428 g/mol. The van der Waals surface area contributed by atoms with Crippen molar-refractivity contribution in [2.45, 2.75) is 10.7 Å². The van der Waals surface area contributed by atoms with Crippen molar-refractivity contribution in [2.75, 3.05) is 24.6 Å². The SMILES string of the molecule is O=C1CS(=O)(=O)C(c2ccco2)N1CCN1C(=O)CS(=O)(=O)C1c1ccco1. The lowest BCUT2D eigenvalue weighted by Crippen LogP contribution is -2.39. The van der Waals surface area contributed by atoms with Gasteiger partial charge in [0.25, 0.3) is 0 Å². The molecule has 2 unspecified atom stereocenters. The summed E-state index contributed by atoms with van der Waals surface area (Å²) in [5, 5.41) is -2.60. The fraction of sp³-hybridized carbons (Fsp3) is 0.375. The number of nitrogens with zero attached hydrogens (tertiary/aromatic N) is 2. The van der Waals surface area contributed by atoms with E-state index in [4.69, 9.17) is 8.83 Å². The highest BCUT2D eigenvalue weighted by Gasteiger charge is 2.49. The van der Waals surface area contributed by atoms with E-state index < -0.39 is 53.7 Å². The van der Waals surface area contributed by atoms with Gasteiger partial charge in [0.15, 0.2) is 30.4 Å². The lowest BCUT2D eigenvalue weighted by molar-refractivity contribution is -0.132. The molecule has 150 valence electrons. The average molecular weight is 428 g/mol. The molecule has 10 nitrogen and oxygen atoms in total. The lowest BCUT2D eigenvalue weighted by atomic mass is 10.3. The highest BCUT2D eigenvalue weighted by atomic mass is 32.2. The Hall–Kier alpha value is -2.60. The summed E-state index contributed by atoms with van der Waals surface area (Å²) in [7, 11) is -7.61. The molecule has 0 aromatic carbocycles. The zero-order chi connectivity index (χ0) is 20.1. The molecular formula is C16H16N2O8S2. The molecule has 0 saturated carbocycles. The molecule has 4 heterocycles. The Morgan fingerprint density at radius 2 is 1.18 bits per heavy atom. The van der Waals surface area contributed by atoms with E-state index in [9.17, 15) is 26.4 Å². The van der Waals surface area contributed by atoms with Crippen LogP contribution in [0.3, 0.4) is 0 Å². The van der Waals surface area contributed by atoms with Gasteiger partial charge in [0, 0.05) is 13.1 Å². The summed E-state index contributed by atoms with van der Waals surface area (Å²) in [6.07, 6.45) is 2.60. The number of carbonyl (C=O) groups excluding carboxylic acids is 2. The molecule has 0 aliphatic carbocycles. The molecule has 0 spiro atoms. The van der Waals surface area contributed by atoms with Gasteiger partial charge in [-0.05, 0) is 24.3 Å². The van der Waals surface area contributed by atoms with Crippen LogP contribution in [0.25, 0.3) is 0 Å². The van der Waals surface area contributed by atoms with Crippen LogP contribution in [0.1, 0.15) is 22.3 Å². The van der Waals surface area contributed by atoms with Gasteiger partial charge in [-0.3, -0.25) is 9.59 Å². The van der Waals surface area contributed by atoms with Crippen LogP contribution >= 0.6 is 0 Å². The van der Waals surface area contributed by atoms with E-state index in [1.54, 1.807) is 0 Å². The van der Waals surface area contributed by atoms with Gasteiger partial charge in [-0.15, -0.1) is 0 Å². The molecule has 2 amide bonds. The summed E-state index contributed by atoms with van der Waals surface area (Å²) in [5.41, 5.74) is 0. The van der Waals surface area contributed by atoms with E-state index in [-0.39, 0.29) is 24.6 Å². The largest absolute Gasteiger partial charge is 0.466 e. The molecule has 0 bridgehead atoms. The third kappa shape index (κ3) is 3.02. The summed E-state index contributed by atoms with van der Waals surface area (Å²) < 4.78 is 59.9. The number of rotatable bonds is 5. The Kier molecular flexibility index (Phi) is 4.34. The van der Waals surface area contributed by atoms with Crippen molar-refractivity contribution in [3.8, 4) is 0 Å². The van der Waals surface area contributed by atoms with Crippen LogP contribution in [0.4, 0.5) is 0 Å². The Morgan fingerprint density at radius 1 is 0.786 bits per heavy atom. The average Bonchev–Trinajstić information content (AvgIpc) is 3.33. The number of furan rings is 2. The normalized spacial score (nSPS) is 26.3. The summed E-state index contributed by atoms with van der Waals surface area (Å²) in [5.74, 6) is -2.43. The molecule has 2 aromatic rings. The first kappa shape index (κ1) is 18.7. The molecule has 2 fully saturated rings. The molecule has 2 atom stereocenters. The van der Waals surface area contributed by atoms with Crippen molar-refractivity contribution in [3.63, 3.8) is 0 Å². The van der Waals surface area contributed by atoms with E-state index in [1.807, 2.05) is 0 Å². The topological polar surface area (TPSA) is 135 Å². The summed E-state index contributed by atoms with van der Waals surface area (Å²) in [6, 6.07) is 5.92. The lowest BCUT2D eigenvalue weighted by Gasteiger charge is -2.27. The summed E-state index contributed by atoms with van der Waals surface area (Å²) >= 11 is 0. The predicted molar refractivity (Wildman–Crippen MR) is 93.9 cm³/mol. The first-order valence-corrected chi connectivity index (χ1v) is 11.7. The first-order chi connectivity index (χ1) is 13.2. The second-order valence-electron chi connectivity index (χ2n) is 6.52. The maximum absolute atomic E-state index is 12.4. The maximum Gasteiger partial charge on any atom is 0.239 e. The molecule has 2 aliphatic rings. The molecule has 2 aliphatic heterocycles. The van der Waals surface area contributed by atoms with Gasteiger partial charge in [-0.2, -0.15) is 0 Å². The van der Waals surface area contributed by atoms with E-state index in [1.165, 1.54) is 36.8 Å². The van der Waals surface area contributed by atoms with Crippen molar-refractivity contribution in [1.29, 1.82) is 0 Å². The van der Waals surface area contributed by atoms with E-state index in [0.717, 1.165) is 9.80 Å². The minimum absolute atomic E-state index is 0.0915. The van der Waals surface area contributed by atoms with Gasteiger partial charge in [0.05, 0.1) is 12.5 Å². The van der Waals surface area contributed by atoms with Crippen LogP contribution in [0.2, 0.25) is 0 Å². The quantitative estimate of drug-likeness (QED) is 0.653. The van der Waals surface area contributed by atoms with Crippen molar-refractivity contribution < 1.29 is 35.3 Å². The minimum Gasteiger partial charge on any atom is -0.466 e. The fourth-order valence-electron chi connectivity index (χ4n) is 3.54. The minimum atomic E-state index is -3.80. The molecule has 12 heteroatoms. The highest BCUT2D eigenvalue weighted by molar-refractivity contribution is 7.93. The van der Waals surface area contributed by atoms with E-state index in [2.05, 4.69) is 0 Å². The van der Waals surface area contributed by atoms with Gasteiger partial charge in [-0.25, -0.2) is 16.8 Å². The van der Waals surface area contributed by atoms with Crippen molar-refractivity contribution in [1.82, 2.24) is 9.80 Å². The molecule has 28 heavy (non-hydrogen) atoms. The van der Waals surface area contributed by atoms with Gasteiger partial charge in [0.2, 0.25) is 11.8 Å². The van der Waals surface area contributed by atoms with Crippen LogP contribution in [-0.2, 0) is 29.3 Å². The molecular weight excluding hydrogens is 412 g/mol. The molecule has 2 saturated heterocycles. The van der Waals surface area contributed by atoms with Crippen LogP contribution in [0.15, 0.2) is 45.6 Å². The third-order valence-electron chi connectivity index (χ3n) is 4.69. The number of hydrogen-bond donors (Lipinski definition) is 0. The van der Waals surface area contributed by atoms with Crippen LogP contribution in [-0.4, -0.2) is 63.0 Å². The zero-order valence-electron chi connectivity index (χ0n) is 14.4. The smallest absolute Gasteiger partial charge is 0.239 e. The van der Waals surface area contributed by atoms with Crippen molar-refractivity contribution >= 4 is 31.5 Å². The summed E-state index contributed by atoms with van der Waals surface area (Å²) in [6.45, 7) is -0.330. The zero-order valence-corrected chi connectivity index (χ0v) is 16.1. The molecule has 4 rings (SSSR count). The fourth-order valence-corrected chi connectivity index (χ4v) is 7.07. The molecule has 0 N–H and O–H groups in total. The number of amides is 2. The van der Waals surface area contributed by atoms with E-state index >= 15 is 0 Å². The molecule has 2 aromatic heterocycles. The second-order valence-corrected chi connectivity index (χ2v) is 10.6. The number of hydrogen-bond acceptors (Lipinski definition) is 8. The predicted octanol–water partition coefficient (Wildman–Crippen LogP) is 0.0840. The van der Waals surface area contributed by atoms with Crippen LogP contribution < -0.4 is 0 Å². The second kappa shape index (κ2) is 6.48. The maximum atomic E-state index is 12.4. The highest BCUT2D eigenvalue weighted by Crippen LogP contribution is 2.36. The molecule has 0 radical (unpaired) electrons. The van der Waals surface area contributed by atoms with Gasteiger partial charge >= 0.3 is 0 Å². The summed E-state index contributed by atoms with van der Waals surface area (Å²) in [4.78, 5) is 26.7. The standard InChI is InChI=1S/C16H16N2O8S2/c19-13-9-27(21,22)15(11-3-1-7-25-11)17(13)5-6-18-14(20)10-28(23,24)16(18)12-4-2-8-26-12/h1-4,7-8,15-16H,5-6,9-10H2. The van der Waals surface area contributed by atoms with Gasteiger partial charge in [0.1, 0.15) is 23.0 Å². The van der Waals surface area contributed by atoms with E-state index in [0.29, 0.717) is 0 Å². The Labute approximate surface area is 160 Å².